The van der Waals surface area contributed by atoms with Gasteiger partial charge in [0.15, 0.2) is 0 Å². The molecule has 0 fully saturated rings. The number of ether oxygens (including phenoxy) is 2. The Morgan fingerprint density at radius 1 is 0.865 bits per heavy atom. The Hall–Kier alpha value is -3.92. The fourth-order valence-electron chi connectivity index (χ4n) is 3.13. The minimum Gasteiger partial charge on any atom is -0.458 e. The van der Waals surface area contributed by atoms with Gasteiger partial charge in [0.25, 0.3) is 5.91 Å². The number of hydrogen-bond acceptors (Lipinski definition) is 7. The van der Waals surface area contributed by atoms with E-state index in [1.54, 1.807) is 57.2 Å². The van der Waals surface area contributed by atoms with Crippen LogP contribution in [0.15, 0.2) is 60.7 Å². The second-order valence-corrected chi connectivity index (χ2v) is 9.47. The molecule has 0 aromatic heterocycles. The minimum atomic E-state index is -1.64. The molecular formula is C27H35N3O7. The highest BCUT2D eigenvalue weighted by Gasteiger charge is 2.29. The van der Waals surface area contributed by atoms with Crippen LogP contribution in [0.5, 0.6) is 0 Å². The highest BCUT2D eigenvalue weighted by atomic mass is 16.6. The first-order chi connectivity index (χ1) is 17.4. The number of rotatable bonds is 11. The van der Waals surface area contributed by atoms with Gasteiger partial charge in [-0.2, -0.15) is 0 Å². The SMILES string of the molecule is C[C@H](NC(=O)OCc1ccccc1)C(=O)NC[C@H](O)C(=O)N[C@@H](Cc1ccccc1)C(=O)OC(C)(C)C. The van der Waals surface area contributed by atoms with Gasteiger partial charge in [0.1, 0.15) is 30.4 Å². The molecule has 0 unspecified atom stereocenters. The molecular weight excluding hydrogens is 478 g/mol. The first-order valence-electron chi connectivity index (χ1n) is 11.9. The number of benzene rings is 2. The van der Waals surface area contributed by atoms with Gasteiger partial charge in [0, 0.05) is 6.42 Å². The van der Waals surface area contributed by atoms with Gasteiger partial charge >= 0.3 is 12.1 Å². The Balaban J connectivity index is 1.85. The Morgan fingerprint density at radius 2 is 1.43 bits per heavy atom. The molecule has 0 spiro atoms. The Kier molecular flexibility index (Phi) is 11.1. The van der Waals surface area contributed by atoms with Gasteiger partial charge in [0.05, 0.1) is 6.54 Å². The number of carbonyl (C=O) groups is 4. The molecule has 3 amide bonds. The van der Waals surface area contributed by atoms with Crippen molar-refractivity contribution in [2.75, 3.05) is 6.54 Å². The Morgan fingerprint density at radius 3 is 2.00 bits per heavy atom. The van der Waals surface area contributed by atoms with E-state index in [1.807, 2.05) is 24.3 Å². The van der Waals surface area contributed by atoms with Crippen molar-refractivity contribution >= 4 is 23.9 Å². The van der Waals surface area contributed by atoms with Crippen LogP contribution in [-0.2, 0) is 36.9 Å². The summed E-state index contributed by atoms with van der Waals surface area (Å²) in [5, 5.41) is 17.6. The maximum atomic E-state index is 12.7. The molecule has 10 heteroatoms. The van der Waals surface area contributed by atoms with E-state index in [2.05, 4.69) is 16.0 Å². The van der Waals surface area contributed by atoms with Gasteiger partial charge in [0.2, 0.25) is 5.91 Å². The second kappa shape index (κ2) is 14.0. The molecule has 0 aliphatic carbocycles. The Bertz CT molecular complexity index is 1040. The molecule has 0 radical (unpaired) electrons. The van der Waals surface area contributed by atoms with Crippen molar-refractivity contribution in [1.82, 2.24) is 16.0 Å². The molecule has 0 aliphatic heterocycles. The summed E-state index contributed by atoms with van der Waals surface area (Å²) in [5.41, 5.74) is 0.815. The van der Waals surface area contributed by atoms with Gasteiger partial charge in [-0.25, -0.2) is 9.59 Å². The molecule has 2 aromatic carbocycles. The number of hydrogen-bond donors (Lipinski definition) is 4. The van der Waals surface area contributed by atoms with Crippen LogP contribution in [0.1, 0.15) is 38.8 Å². The number of carbonyl (C=O) groups excluding carboxylic acids is 4. The average Bonchev–Trinajstić information content (AvgIpc) is 2.85. The van der Waals surface area contributed by atoms with E-state index < -0.39 is 54.2 Å². The maximum absolute atomic E-state index is 12.7. The summed E-state index contributed by atoms with van der Waals surface area (Å²) in [4.78, 5) is 49.5. The van der Waals surface area contributed by atoms with Crippen molar-refractivity contribution in [3.63, 3.8) is 0 Å². The summed E-state index contributed by atoms with van der Waals surface area (Å²) in [6, 6.07) is 16.1. The minimum absolute atomic E-state index is 0.0433. The van der Waals surface area contributed by atoms with E-state index in [-0.39, 0.29) is 13.0 Å². The van der Waals surface area contributed by atoms with E-state index in [0.29, 0.717) is 0 Å². The van der Waals surface area contributed by atoms with Gasteiger partial charge in [-0.1, -0.05) is 60.7 Å². The van der Waals surface area contributed by atoms with Crippen LogP contribution in [0.2, 0.25) is 0 Å². The third-order valence-corrected chi connectivity index (χ3v) is 5.00. The fourth-order valence-corrected chi connectivity index (χ4v) is 3.13. The van der Waals surface area contributed by atoms with Crippen molar-refractivity contribution in [2.45, 2.75) is 64.5 Å². The number of esters is 1. The third kappa shape index (κ3) is 11.1. The van der Waals surface area contributed by atoms with Crippen LogP contribution in [-0.4, -0.2) is 59.3 Å². The normalized spacial score (nSPS) is 13.4. The molecule has 0 saturated heterocycles. The smallest absolute Gasteiger partial charge is 0.408 e. The Labute approximate surface area is 216 Å². The summed E-state index contributed by atoms with van der Waals surface area (Å²) in [6.07, 6.45) is -2.26. The zero-order valence-electron chi connectivity index (χ0n) is 21.5. The number of aliphatic hydroxyl groups is 1. The zero-order chi connectivity index (χ0) is 27.4. The number of nitrogens with one attached hydrogen (secondary N) is 3. The van der Waals surface area contributed by atoms with E-state index in [1.165, 1.54) is 6.92 Å². The summed E-state index contributed by atoms with van der Waals surface area (Å²) in [6.45, 7) is 6.18. The second-order valence-electron chi connectivity index (χ2n) is 9.47. The lowest BCUT2D eigenvalue weighted by molar-refractivity contribution is -0.159. The number of aliphatic hydroxyl groups excluding tert-OH is 1. The first-order valence-corrected chi connectivity index (χ1v) is 11.9. The fraction of sp³-hybridized carbons (Fsp3) is 0.407. The lowest BCUT2D eigenvalue weighted by Crippen LogP contribution is -2.52. The number of alkyl carbamates (subject to hydrolysis) is 1. The molecule has 3 atom stereocenters. The molecule has 200 valence electrons. The predicted octanol–water partition coefficient (Wildman–Crippen LogP) is 1.85. The van der Waals surface area contributed by atoms with Crippen molar-refractivity contribution in [2.24, 2.45) is 0 Å². The largest absolute Gasteiger partial charge is 0.458 e. The van der Waals surface area contributed by atoms with E-state index in [9.17, 15) is 24.3 Å². The first kappa shape index (κ1) is 29.3. The molecule has 10 nitrogen and oxygen atoms in total. The van der Waals surface area contributed by atoms with Crippen LogP contribution in [0.3, 0.4) is 0 Å². The lowest BCUT2D eigenvalue weighted by atomic mass is 10.1. The van der Waals surface area contributed by atoms with Crippen LogP contribution in [0.25, 0.3) is 0 Å². The monoisotopic (exact) mass is 513 g/mol. The van der Waals surface area contributed by atoms with E-state index in [0.717, 1.165) is 11.1 Å². The lowest BCUT2D eigenvalue weighted by Gasteiger charge is -2.25. The number of amides is 3. The molecule has 2 rings (SSSR count). The summed E-state index contributed by atoms with van der Waals surface area (Å²) >= 11 is 0. The predicted molar refractivity (Wildman–Crippen MR) is 136 cm³/mol. The van der Waals surface area contributed by atoms with Gasteiger partial charge in [-0.05, 0) is 38.8 Å². The molecule has 0 aliphatic rings. The maximum Gasteiger partial charge on any atom is 0.408 e. The average molecular weight is 514 g/mol. The molecule has 4 N–H and O–H groups in total. The van der Waals surface area contributed by atoms with Crippen LogP contribution >= 0.6 is 0 Å². The van der Waals surface area contributed by atoms with Gasteiger partial charge in [-0.3, -0.25) is 9.59 Å². The molecule has 0 saturated carbocycles. The van der Waals surface area contributed by atoms with Crippen molar-refractivity contribution in [1.29, 1.82) is 0 Å². The molecule has 0 bridgehead atoms. The van der Waals surface area contributed by atoms with Crippen LogP contribution in [0.4, 0.5) is 4.79 Å². The molecule has 37 heavy (non-hydrogen) atoms. The highest BCUT2D eigenvalue weighted by Crippen LogP contribution is 2.12. The summed E-state index contributed by atoms with van der Waals surface area (Å²) in [5.74, 6) is -2.13. The highest BCUT2D eigenvalue weighted by molar-refractivity contribution is 5.89. The van der Waals surface area contributed by atoms with Crippen molar-refractivity contribution in [3.05, 3.63) is 71.8 Å². The van der Waals surface area contributed by atoms with Gasteiger partial charge < -0.3 is 30.5 Å². The van der Waals surface area contributed by atoms with Crippen LogP contribution in [0, 0.1) is 0 Å². The van der Waals surface area contributed by atoms with Crippen molar-refractivity contribution in [3.8, 4) is 0 Å². The standard InChI is InChI=1S/C27H35N3O7/c1-18(29-26(35)36-17-20-13-9-6-10-14-20)23(32)28-16-22(31)24(33)30-21(25(34)37-27(2,3)4)15-19-11-7-5-8-12-19/h5-14,18,21-22,31H,15-17H2,1-4H3,(H,28,32)(H,29,35)(H,30,33)/t18-,21-,22-/m0/s1. The van der Waals surface area contributed by atoms with E-state index in [4.69, 9.17) is 9.47 Å². The summed E-state index contributed by atoms with van der Waals surface area (Å²) < 4.78 is 10.5. The zero-order valence-corrected chi connectivity index (χ0v) is 21.5. The summed E-state index contributed by atoms with van der Waals surface area (Å²) in [7, 11) is 0. The third-order valence-electron chi connectivity index (χ3n) is 5.00. The van der Waals surface area contributed by atoms with Gasteiger partial charge in [-0.15, -0.1) is 0 Å². The van der Waals surface area contributed by atoms with E-state index >= 15 is 0 Å². The molecule has 0 heterocycles. The topological polar surface area (TPSA) is 143 Å². The quantitative estimate of drug-likeness (QED) is 0.336. The van der Waals surface area contributed by atoms with Crippen LogP contribution < -0.4 is 16.0 Å². The van der Waals surface area contributed by atoms with Crippen molar-refractivity contribution < 1.29 is 33.8 Å². The molecule has 2 aromatic rings.